The van der Waals surface area contributed by atoms with E-state index >= 15 is 0 Å². The largest absolute Gasteiger partial charge is 0.390 e. The van der Waals surface area contributed by atoms with Crippen LogP contribution in [0.15, 0.2) is 22.4 Å². The summed E-state index contributed by atoms with van der Waals surface area (Å²) in [6.07, 6.45) is 4.75. The van der Waals surface area contributed by atoms with Crippen molar-refractivity contribution in [1.29, 1.82) is 5.26 Å². The number of aliphatic hydroxyl groups is 1. The Morgan fingerprint density at radius 1 is 1.50 bits per heavy atom. The summed E-state index contributed by atoms with van der Waals surface area (Å²) in [5.74, 6) is 0. The van der Waals surface area contributed by atoms with Gasteiger partial charge in [0.15, 0.2) is 5.16 Å². The Labute approximate surface area is 121 Å². The molecule has 0 atom stereocenters. The number of aryl methyl sites for hydroxylation is 2. The van der Waals surface area contributed by atoms with Gasteiger partial charge in [0.1, 0.15) is 11.1 Å². The Morgan fingerprint density at radius 3 is 3.05 bits per heavy atom. The molecule has 0 fully saturated rings. The summed E-state index contributed by atoms with van der Waals surface area (Å²) < 4.78 is 1.82. The number of hydrogen-bond donors (Lipinski definition) is 1. The number of rotatable bonds is 3. The molecule has 0 aromatic carbocycles. The molecule has 20 heavy (non-hydrogen) atoms. The smallest absolute Gasteiger partial charge is 0.174 e. The van der Waals surface area contributed by atoms with Crippen molar-refractivity contribution in [3.8, 4) is 6.07 Å². The molecule has 0 radical (unpaired) electrons. The number of aromatic nitrogens is 3. The summed E-state index contributed by atoms with van der Waals surface area (Å²) in [6.45, 7) is -0.0488. The van der Waals surface area contributed by atoms with Gasteiger partial charge in [-0.05, 0) is 42.7 Å². The van der Waals surface area contributed by atoms with Crippen molar-refractivity contribution in [2.24, 2.45) is 7.05 Å². The third-order valence-electron chi connectivity index (χ3n) is 3.53. The van der Waals surface area contributed by atoms with Crippen LogP contribution >= 0.6 is 11.8 Å². The van der Waals surface area contributed by atoms with E-state index in [0.717, 1.165) is 35.8 Å². The molecular formula is C14H14N4OS. The SMILES string of the molecule is Cn1c(CO)cnc1Sc1nc2c(cc1C#N)CCC2. The Kier molecular flexibility index (Phi) is 3.47. The Balaban J connectivity index is 1.98. The zero-order valence-corrected chi connectivity index (χ0v) is 11.9. The summed E-state index contributed by atoms with van der Waals surface area (Å²) in [5.41, 5.74) is 3.64. The van der Waals surface area contributed by atoms with Crippen molar-refractivity contribution >= 4 is 11.8 Å². The van der Waals surface area contributed by atoms with Gasteiger partial charge >= 0.3 is 0 Å². The third-order valence-corrected chi connectivity index (χ3v) is 4.59. The van der Waals surface area contributed by atoms with Gasteiger partial charge in [0.2, 0.25) is 0 Å². The lowest BCUT2D eigenvalue weighted by molar-refractivity contribution is 0.271. The Morgan fingerprint density at radius 2 is 2.35 bits per heavy atom. The van der Waals surface area contributed by atoms with Crippen molar-refractivity contribution in [2.45, 2.75) is 36.1 Å². The number of nitrogens with zero attached hydrogens (tertiary/aromatic N) is 4. The fourth-order valence-electron chi connectivity index (χ4n) is 2.36. The van der Waals surface area contributed by atoms with Crippen LogP contribution in [-0.4, -0.2) is 19.6 Å². The normalized spacial score (nSPS) is 13.2. The molecule has 0 saturated carbocycles. The van der Waals surface area contributed by atoms with Gasteiger partial charge in [0.05, 0.1) is 24.1 Å². The summed E-state index contributed by atoms with van der Waals surface area (Å²) in [7, 11) is 1.85. The van der Waals surface area contributed by atoms with Crippen LogP contribution in [0.4, 0.5) is 0 Å². The molecule has 2 aromatic rings. The molecule has 0 spiro atoms. The molecule has 0 amide bonds. The molecule has 1 N–H and O–H groups in total. The molecule has 0 aliphatic heterocycles. The highest BCUT2D eigenvalue weighted by Gasteiger charge is 2.18. The van der Waals surface area contributed by atoms with Crippen LogP contribution in [0, 0.1) is 11.3 Å². The van der Waals surface area contributed by atoms with Gasteiger partial charge in [-0.25, -0.2) is 9.97 Å². The van der Waals surface area contributed by atoms with E-state index in [1.54, 1.807) is 6.20 Å². The Hall–Kier alpha value is -1.84. The number of aliphatic hydroxyl groups excluding tert-OH is 1. The van der Waals surface area contributed by atoms with Crippen LogP contribution in [0.1, 0.15) is 28.9 Å². The maximum atomic E-state index is 9.28. The van der Waals surface area contributed by atoms with E-state index in [-0.39, 0.29) is 6.61 Å². The molecule has 2 aromatic heterocycles. The van der Waals surface area contributed by atoms with Crippen molar-refractivity contribution in [1.82, 2.24) is 14.5 Å². The van der Waals surface area contributed by atoms with E-state index in [2.05, 4.69) is 16.0 Å². The van der Waals surface area contributed by atoms with Gasteiger partial charge in [-0.1, -0.05) is 0 Å². The first-order valence-electron chi connectivity index (χ1n) is 6.45. The molecule has 3 rings (SSSR count). The first kappa shape index (κ1) is 13.2. The van der Waals surface area contributed by atoms with Crippen molar-refractivity contribution < 1.29 is 5.11 Å². The molecule has 6 heteroatoms. The third kappa shape index (κ3) is 2.19. The van der Waals surface area contributed by atoms with Gasteiger partial charge in [0.25, 0.3) is 0 Å². The van der Waals surface area contributed by atoms with E-state index in [0.29, 0.717) is 10.6 Å². The van der Waals surface area contributed by atoms with Crippen molar-refractivity contribution in [3.63, 3.8) is 0 Å². The maximum Gasteiger partial charge on any atom is 0.174 e. The van der Waals surface area contributed by atoms with E-state index in [1.165, 1.54) is 17.3 Å². The molecule has 0 bridgehead atoms. The molecule has 5 nitrogen and oxygen atoms in total. The number of fused-ring (bicyclic) bond motifs is 1. The van der Waals surface area contributed by atoms with Gasteiger partial charge in [-0.15, -0.1) is 0 Å². The summed E-state index contributed by atoms with van der Waals surface area (Å²) in [6, 6.07) is 4.17. The highest BCUT2D eigenvalue weighted by Crippen LogP contribution is 2.31. The first-order valence-corrected chi connectivity index (χ1v) is 7.26. The maximum absolute atomic E-state index is 9.28. The second kappa shape index (κ2) is 5.27. The topological polar surface area (TPSA) is 74.7 Å². The standard InChI is InChI=1S/C14H14N4OS/c1-18-11(8-19)7-16-14(18)20-13-10(6-15)5-9-3-2-4-12(9)17-13/h5,7,19H,2-4,8H2,1H3. The monoisotopic (exact) mass is 286 g/mol. The number of imidazole rings is 1. The van der Waals surface area contributed by atoms with Crippen LogP contribution in [0.3, 0.4) is 0 Å². The molecule has 0 saturated heterocycles. The minimum absolute atomic E-state index is 0.0488. The molecular weight excluding hydrogens is 272 g/mol. The van der Waals surface area contributed by atoms with Crippen molar-refractivity contribution in [3.05, 3.63) is 34.8 Å². The molecule has 1 aliphatic carbocycles. The number of hydrogen-bond acceptors (Lipinski definition) is 5. The minimum Gasteiger partial charge on any atom is -0.390 e. The first-order chi connectivity index (χ1) is 9.72. The van der Waals surface area contributed by atoms with Crippen LogP contribution in [0.5, 0.6) is 0 Å². The van der Waals surface area contributed by atoms with Gasteiger partial charge in [-0.3, -0.25) is 0 Å². The zero-order valence-electron chi connectivity index (χ0n) is 11.1. The predicted octanol–water partition coefficient (Wildman–Crippen LogP) is 1.82. The number of pyridine rings is 1. The zero-order chi connectivity index (χ0) is 14.1. The molecule has 1 aliphatic rings. The summed E-state index contributed by atoms with van der Waals surface area (Å²) >= 11 is 1.37. The van der Waals surface area contributed by atoms with Gasteiger partial charge in [0, 0.05) is 12.7 Å². The highest BCUT2D eigenvalue weighted by atomic mass is 32.2. The average molecular weight is 286 g/mol. The minimum atomic E-state index is -0.0488. The van der Waals surface area contributed by atoms with Crippen molar-refractivity contribution in [2.75, 3.05) is 0 Å². The van der Waals surface area contributed by atoms with E-state index in [9.17, 15) is 10.4 Å². The highest BCUT2D eigenvalue weighted by molar-refractivity contribution is 7.99. The second-order valence-corrected chi connectivity index (χ2v) is 5.72. The molecule has 0 unspecified atom stereocenters. The van der Waals surface area contributed by atoms with Crippen LogP contribution in [0.25, 0.3) is 0 Å². The second-order valence-electron chi connectivity index (χ2n) is 4.76. The lowest BCUT2D eigenvalue weighted by atomic mass is 10.2. The van der Waals surface area contributed by atoms with Crippen LogP contribution < -0.4 is 0 Å². The van der Waals surface area contributed by atoms with Gasteiger partial charge < -0.3 is 9.67 Å². The summed E-state index contributed by atoms with van der Waals surface area (Å²) in [4.78, 5) is 8.89. The quantitative estimate of drug-likeness (QED) is 0.931. The Bertz CT molecular complexity index is 702. The predicted molar refractivity (Wildman–Crippen MR) is 74.2 cm³/mol. The van der Waals surface area contributed by atoms with Crippen LogP contribution in [0.2, 0.25) is 0 Å². The fraction of sp³-hybridized carbons (Fsp3) is 0.357. The molecule has 102 valence electrons. The fourth-order valence-corrected chi connectivity index (χ4v) is 3.27. The average Bonchev–Trinajstić information content (AvgIpc) is 3.05. The molecule has 2 heterocycles. The van der Waals surface area contributed by atoms with Crippen LogP contribution in [-0.2, 0) is 26.5 Å². The van der Waals surface area contributed by atoms with Gasteiger partial charge in [-0.2, -0.15) is 5.26 Å². The lowest BCUT2D eigenvalue weighted by Gasteiger charge is -2.07. The summed E-state index contributed by atoms with van der Waals surface area (Å²) in [5, 5.41) is 19.9. The van der Waals surface area contributed by atoms with E-state index in [1.807, 2.05) is 17.7 Å². The lowest BCUT2D eigenvalue weighted by Crippen LogP contribution is -1.99. The van der Waals surface area contributed by atoms with E-state index in [4.69, 9.17) is 0 Å². The van der Waals surface area contributed by atoms with E-state index < -0.39 is 0 Å². The number of nitriles is 1.